The highest BCUT2D eigenvalue weighted by Crippen LogP contribution is 2.41. The number of nitrogens with zero attached hydrogens (tertiary/aromatic N) is 2. The van der Waals surface area contributed by atoms with Crippen molar-refractivity contribution in [2.45, 2.75) is 52.7 Å². The van der Waals surface area contributed by atoms with Gasteiger partial charge in [0.05, 0.1) is 12.1 Å². The van der Waals surface area contributed by atoms with E-state index in [0.717, 1.165) is 11.1 Å². The minimum Gasteiger partial charge on any atom is -0.465 e. The Kier molecular flexibility index (Phi) is 6.70. The molecule has 1 aliphatic heterocycles. The highest BCUT2D eigenvalue weighted by Gasteiger charge is 2.48. The molecule has 0 bridgehead atoms. The highest BCUT2D eigenvalue weighted by molar-refractivity contribution is 5.66. The summed E-state index contributed by atoms with van der Waals surface area (Å²) in [6, 6.07) is 12.2. The Morgan fingerprint density at radius 1 is 0.935 bits per heavy atom. The summed E-state index contributed by atoms with van der Waals surface area (Å²) in [6.07, 6.45) is -0.912. The van der Waals surface area contributed by atoms with Crippen molar-refractivity contribution < 1.29 is 18.7 Å². The lowest BCUT2D eigenvalue weighted by molar-refractivity contribution is -0.0506. The first-order chi connectivity index (χ1) is 14.5. The van der Waals surface area contributed by atoms with Crippen LogP contribution in [0.4, 0.5) is 13.6 Å². The second-order valence-electron chi connectivity index (χ2n) is 9.76. The van der Waals surface area contributed by atoms with Crippen LogP contribution in [0.2, 0.25) is 0 Å². The van der Waals surface area contributed by atoms with E-state index < -0.39 is 6.09 Å². The van der Waals surface area contributed by atoms with Gasteiger partial charge in [0, 0.05) is 19.1 Å². The standard InChI is InChI=1S/C25H32F2N2O2/c1-16(2)21-23(25(3,4)5)29(24(30)31)15-14-28(21)22(17-6-10-19(26)11-7-17)18-8-12-20(27)13-9-18/h6-13,16,21-23H,14-15H2,1-5H3,(H,30,31). The molecular weight excluding hydrogens is 398 g/mol. The maximum absolute atomic E-state index is 13.7. The smallest absolute Gasteiger partial charge is 0.407 e. The second-order valence-corrected chi connectivity index (χ2v) is 9.76. The summed E-state index contributed by atoms with van der Waals surface area (Å²) < 4.78 is 27.4. The largest absolute Gasteiger partial charge is 0.465 e. The summed E-state index contributed by atoms with van der Waals surface area (Å²) in [7, 11) is 0. The minimum atomic E-state index is -0.912. The van der Waals surface area contributed by atoms with Crippen molar-refractivity contribution >= 4 is 6.09 Å². The molecule has 2 aromatic rings. The van der Waals surface area contributed by atoms with Crippen molar-refractivity contribution in [2.75, 3.05) is 13.1 Å². The fourth-order valence-corrected chi connectivity index (χ4v) is 4.99. The summed E-state index contributed by atoms with van der Waals surface area (Å²) in [6.45, 7) is 11.3. The van der Waals surface area contributed by atoms with Crippen molar-refractivity contribution in [1.82, 2.24) is 9.80 Å². The predicted molar refractivity (Wildman–Crippen MR) is 118 cm³/mol. The lowest BCUT2D eigenvalue weighted by Gasteiger charge is -2.55. The van der Waals surface area contributed by atoms with Crippen LogP contribution in [0.25, 0.3) is 0 Å². The Balaban J connectivity index is 2.15. The molecule has 2 aromatic carbocycles. The third kappa shape index (κ3) is 4.90. The molecule has 0 radical (unpaired) electrons. The van der Waals surface area contributed by atoms with Gasteiger partial charge in [-0.3, -0.25) is 4.90 Å². The molecule has 168 valence electrons. The minimum absolute atomic E-state index is 0.0787. The maximum Gasteiger partial charge on any atom is 0.407 e. The SMILES string of the molecule is CC(C)C1C(C(C)(C)C)N(C(=O)O)CCN1C(c1ccc(F)cc1)c1ccc(F)cc1. The second kappa shape index (κ2) is 8.95. The van der Waals surface area contributed by atoms with Gasteiger partial charge >= 0.3 is 6.09 Å². The molecule has 4 nitrogen and oxygen atoms in total. The van der Waals surface area contributed by atoms with Crippen LogP contribution in [0.5, 0.6) is 0 Å². The molecule has 1 aliphatic rings. The third-order valence-electron chi connectivity index (χ3n) is 6.16. The molecule has 2 unspecified atom stereocenters. The molecule has 0 aromatic heterocycles. The van der Waals surface area contributed by atoms with Crippen LogP contribution in [0.15, 0.2) is 48.5 Å². The Labute approximate surface area is 183 Å². The molecule has 1 saturated heterocycles. The zero-order valence-electron chi connectivity index (χ0n) is 18.8. The van der Waals surface area contributed by atoms with Crippen LogP contribution in [0.3, 0.4) is 0 Å². The van der Waals surface area contributed by atoms with E-state index in [1.165, 1.54) is 24.3 Å². The first-order valence-electron chi connectivity index (χ1n) is 10.8. The molecule has 3 rings (SSSR count). The number of piperazine rings is 1. The van der Waals surface area contributed by atoms with Gasteiger partial charge in [0.15, 0.2) is 0 Å². The summed E-state index contributed by atoms with van der Waals surface area (Å²) in [4.78, 5) is 16.0. The number of hydrogen-bond acceptors (Lipinski definition) is 2. The van der Waals surface area contributed by atoms with Gasteiger partial charge in [0.1, 0.15) is 11.6 Å². The van der Waals surface area contributed by atoms with Crippen LogP contribution in [0.1, 0.15) is 51.8 Å². The molecule has 2 atom stereocenters. The average Bonchev–Trinajstić information content (AvgIpc) is 2.69. The van der Waals surface area contributed by atoms with E-state index in [1.54, 1.807) is 29.2 Å². The number of halogens is 2. The number of carbonyl (C=O) groups is 1. The summed E-state index contributed by atoms with van der Waals surface area (Å²) in [5.74, 6) is -0.467. The monoisotopic (exact) mass is 430 g/mol. The fourth-order valence-electron chi connectivity index (χ4n) is 4.99. The Morgan fingerprint density at radius 3 is 1.74 bits per heavy atom. The first kappa shape index (κ1) is 23.2. The number of rotatable bonds is 4. The zero-order valence-corrected chi connectivity index (χ0v) is 18.8. The van der Waals surface area contributed by atoms with Gasteiger partial charge in [-0.25, -0.2) is 13.6 Å². The van der Waals surface area contributed by atoms with Crippen LogP contribution in [0, 0.1) is 23.0 Å². The molecular formula is C25H32F2N2O2. The lowest BCUT2D eigenvalue weighted by atomic mass is 9.74. The molecule has 1 fully saturated rings. The van der Waals surface area contributed by atoms with Gasteiger partial charge in [-0.05, 0) is 46.7 Å². The Bertz CT molecular complexity index is 846. The number of carboxylic acid groups (broad SMARTS) is 1. The molecule has 31 heavy (non-hydrogen) atoms. The molecule has 0 spiro atoms. The Hall–Kier alpha value is -2.47. The molecule has 0 aliphatic carbocycles. The van der Waals surface area contributed by atoms with Crippen LogP contribution >= 0.6 is 0 Å². The van der Waals surface area contributed by atoms with Gasteiger partial charge in [-0.1, -0.05) is 58.9 Å². The van der Waals surface area contributed by atoms with Gasteiger partial charge in [0.2, 0.25) is 0 Å². The van der Waals surface area contributed by atoms with Crippen molar-refractivity contribution in [1.29, 1.82) is 0 Å². The summed E-state index contributed by atoms with van der Waals surface area (Å²) in [5, 5.41) is 9.92. The zero-order chi connectivity index (χ0) is 22.9. The lowest BCUT2D eigenvalue weighted by Crippen LogP contribution is -2.66. The molecule has 0 saturated carbocycles. The van der Waals surface area contributed by atoms with Crippen molar-refractivity contribution in [3.8, 4) is 0 Å². The van der Waals surface area contributed by atoms with E-state index in [1.807, 2.05) is 0 Å². The highest BCUT2D eigenvalue weighted by atomic mass is 19.1. The number of benzene rings is 2. The van der Waals surface area contributed by atoms with E-state index in [9.17, 15) is 18.7 Å². The van der Waals surface area contributed by atoms with E-state index in [2.05, 4.69) is 39.5 Å². The van der Waals surface area contributed by atoms with Gasteiger partial charge in [-0.15, -0.1) is 0 Å². The summed E-state index contributed by atoms with van der Waals surface area (Å²) in [5.41, 5.74) is 1.51. The van der Waals surface area contributed by atoms with E-state index >= 15 is 0 Å². The van der Waals surface area contributed by atoms with E-state index in [0.29, 0.717) is 13.1 Å². The predicted octanol–water partition coefficient (Wildman–Crippen LogP) is 5.79. The topological polar surface area (TPSA) is 43.8 Å². The normalized spacial score (nSPS) is 20.5. The van der Waals surface area contributed by atoms with Crippen molar-refractivity contribution in [2.24, 2.45) is 11.3 Å². The Morgan fingerprint density at radius 2 is 1.39 bits per heavy atom. The van der Waals surface area contributed by atoms with Gasteiger partial charge in [0.25, 0.3) is 0 Å². The van der Waals surface area contributed by atoms with E-state index in [4.69, 9.17) is 0 Å². The van der Waals surface area contributed by atoms with Gasteiger partial charge < -0.3 is 10.0 Å². The maximum atomic E-state index is 13.7. The average molecular weight is 431 g/mol. The van der Waals surface area contributed by atoms with Crippen LogP contribution in [-0.4, -0.2) is 46.2 Å². The summed E-state index contributed by atoms with van der Waals surface area (Å²) >= 11 is 0. The van der Waals surface area contributed by atoms with Crippen molar-refractivity contribution in [3.05, 3.63) is 71.3 Å². The van der Waals surface area contributed by atoms with Crippen LogP contribution < -0.4 is 0 Å². The van der Waals surface area contributed by atoms with Gasteiger partial charge in [-0.2, -0.15) is 0 Å². The van der Waals surface area contributed by atoms with E-state index in [-0.39, 0.29) is 41.1 Å². The van der Waals surface area contributed by atoms with Crippen LogP contribution in [-0.2, 0) is 0 Å². The third-order valence-corrected chi connectivity index (χ3v) is 6.16. The fraction of sp³-hybridized carbons (Fsp3) is 0.480. The molecule has 1 N–H and O–H groups in total. The number of amides is 1. The van der Waals surface area contributed by atoms with Crippen molar-refractivity contribution in [3.63, 3.8) is 0 Å². The molecule has 6 heteroatoms. The molecule has 1 amide bonds. The molecule has 1 heterocycles. The number of hydrogen-bond donors (Lipinski definition) is 1. The first-order valence-corrected chi connectivity index (χ1v) is 10.8. The quantitative estimate of drug-likeness (QED) is 0.668.